The van der Waals surface area contributed by atoms with E-state index >= 15 is 0 Å². The quantitative estimate of drug-likeness (QED) is 0.540. The molecule has 66 valence electrons. The molecule has 0 heterocycles. The highest BCUT2D eigenvalue weighted by atomic mass is 79.9. The van der Waals surface area contributed by atoms with Crippen LogP contribution in [0.15, 0.2) is 0 Å². The summed E-state index contributed by atoms with van der Waals surface area (Å²) in [5, 5.41) is 20.1. The topological polar surface area (TPSA) is 69.6 Å². The normalized spacial score (nSPS) is 10.2. The van der Waals surface area contributed by atoms with E-state index in [9.17, 15) is 4.79 Å². The molecule has 0 unspecified atom stereocenters. The number of amides is 1. The van der Waals surface area contributed by atoms with Gasteiger partial charge < -0.3 is 15.5 Å². The minimum Gasteiger partial charge on any atom is -0.394 e. The second-order valence-corrected chi connectivity index (χ2v) is 2.86. The maximum Gasteiger partial charge on any atom is 0.221 e. The monoisotopic (exact) mass is 225 g/mol. The first-order chi connectivity index (χ1) is 5.24. The fourth-order valence-electron chi connectivity index (χ4n) is 0.535. The number of rotatable bonds is 5. The van der Waals surface area contributed by atoms with Gasteiger partial charge in [0.15, 0.2) is 0 Å². The third-order valence-electron chi connectivity index (χ3n) is 1.13. The summed E-state index contributed by atoms with van der Waals surface area (Å²) in [6.45, 7) is -0.463. The lowest BCUT2D eigenvalue weighted by molar-refractivity contribution is -0.122. The van der Waals surface area contributed by atoms with Crippen LogP contribution >= 0.6 is 15.9 Å². The van der Waals surface area contributed by atoms with Crippen molar-refractivity contribution in [3.8, 4) is 0 Å². The molecule has 0 aliphatic heterocycles. The molecule has 0 aromatic rings. The van der Waals surface area contributed by atoms with E-state index in [-0.39, 0.29) is 19.1 Å². The third kappa shape index (κ3) is 5.17. The SMILES string of the molecule is O=C(CCBr)NC(CO)CO. The number of carbonyl (C=O) groups excluding carboxylic acids is 1. The van der Waals surface area contributed by atoms with E-state index in [1.165, 1.54) is 0 Å². The fourth-order valence-corrected chi connectivity index (χ4v) is 0.895. The molecule has 0 radical (unpaired) electrons. The van der Waals surface area contributed by atoms with Gasteiger partial charge in [0.2, 0.25) is 5.91 Å². The number of hydrogen-bond acceptors (Lipinski definition) is 3. The van der Waals surface area contributed by atoms with Crippen molar-refractivity contribution in [3.63, 3.8) is 0 Å². The minimum atomic E-state index is -0.526. The Kier molecular flexibility index (Phi) is 6.49. The number of alkyl halides is 1. The molecule has 11 heavy (non-hydrogen) atoms. The van der Waals surface area contributed by atoms with Gasteiger partial charge in [0.25, 0.3) is 0 Å². The molecule has 0 fully saturated rings. The summed E-state index contributed by atoms with van der Waals surface area (Å²) < 4.78 is 0. The first-order valence-corrected chi connectivity index (χ1v) is 4.43. The zero-order valence-corrected chi connectivity index (χ0v) is 7.67. The molecule has 0 aromatic heterocycles. The van der Waals surface area contributed by atoms with Crippen LogP contribution in [0.1, 0.15) is 6.42 Å². The minimum absolute atomic E-state index is 0.171. The van der Waals surface area contributed by atoms with Crippen LogP contribution in [0.5, 0.6) is 0 Å². The molecule has 0 saturated heterocycles. The van der Waals surface area contributed by atoms with E-state index in [0.29, 0.717) is 11.8 Å². The smallest absolute Gasteiger partial charge is 0.221 e. The fraction of sp³-hybridized carbons (Fsp3) is 0.833. The van der Waals surface area contributed by atoms with E-state index in [4.69, 9.17) is 10.2 Å². The van der Waals surface area contributed by atoms with Crippen LogP contribution in [0, 0.1) is 0 Å². The Morgan fingerprint density at radius 1 is 1.45 bits per heavy atom. The summed E-state index contributed by atoms with van der Waals surface area (Å²) in [7, 11) is 0. The van der Waals surface area contributed by atoms with Gasteiger partial charge in [-0.3, -0.25) is 4.79 Å². The molecule has 1 amide bonds. The average molecular weight is 226 g/mol. The van der Waals surface area contributed by atoms with Gasteiger partial charge in [-0.25, -0.2) is 0 Å². The van der Waals surface area contributed by atoms with Gasteiger partial charge >= 0.3 is 0 Å². The van der Waals surface area contributed by atoms with E-state index in [2.05, 4.69) is 21.2 Å². The molecule has 3 N–H and O–H groups in total. The van der Waals surface area contributed by atoms with Gasteiger partial charge in [-0.1, -0.05) is 15.9 Å². The number of hydrogen-bond donors (Lipinski definition) is 3. The zero-order valence-electron chi connectivity index (χ0n) is 6.09. The highest BCUT2D eigenvalue weighted by molar-refractivity contribution is 9.09. The molecule has 5 heteroatoms. The van der Waals surface area contributed by atoms with Crippen LogP contribution in [0.3, 0.4) is 0 Å². The van der Waals surface area contributed by atoms with E-state index in [1.807, 2.05) is 0 Å². The van der Waals surface area contributed by atoms with Gasteiger partial charge in [-0.2, -0.15) is 0 Å². The highest BCUT2D eigenvalue weighted by Gasteiger charge is 2.08. The summed E-state index contributed by atoms with van der Waals surface area (Å²) in [5.41, 5.74) is 0. The lowest BCUT2D eigenvalue weighted by Crippen LogP contribution is -2.40. The van der Waals surface area contributed by atoms with Gasteiger partial charge in [0, 0.05) is 11.8 Å². The molecule has 0 aliphatic carbocycles. The van der Waals surface area contributed by atoms with E-state index in [0.717, 1.165) is 0 Å². The summed E-state index contributed by atoms with van der Waals surface area (Å²) in [4.78, 5) is 10.8. The predicted octanol–water partition coefficient (Wildman–Crippen LogP) is -0.759. The number of aliphatic hydroxyl groups is 2. The number of halogens is 1. The number of aliphatic hydroxyl groups excluding tert-OH is 2. The Balaban J connectivity index is 3.54. The van der Waals surface area contributed by atoms with Crippen LogP contribution in [0.4, 0.5) is 0 Å². The predicted molar refractivity (Wildman–Crippen MR) is 44.5 cm³/mol. The van der Waals surface area contributed by atoms with Crippen molar-refractivity contribution in [2.75, 3.05) is 18.5 Å². The molecule has 0 rings (SSSR count). The van der Waals surface area contributed by atoms with Crippen molar-refractivity contribution in [2.24, 2.45) is 0 Å². The molecule has 0 spiro atoms. The molecule has 0 bridgehead atoms. The Labute approximate surface area is 73.7 Å². The summed E-state index contributed by atoms with van der Waals surface area (Å²) in [6, 6.07) is -0.526. The highest BCUT2D eigenvalue weighted by Crippen LogP contribution is 1.88. The summed E-state index contributed by atoms with van der Waals surface area (Å²) >= 11 is 3.10. The first kappa shape index (κ1) is 10.9. The van der Waals surface area contributed by atoms with Crippen LogP contribution in [-0.4, -0.2) is 40.7 Å². The molecular weight excluding hydrogens is 214 g/mol. The lowest BCUT2D eigenvalue weighted by Gasteiger charge is -2.12. The molecule has 0 aliphatic rings. The van der Waals surface area contributed by atoms with Gasteiger partial charge in [-0.05, 0) is 0 Å². The van der Waals surface area contributed by atoms with Crippen molar-refractivity contribution in [3.05, 3.63) is 0 Å². The van der Waals surface area contributed by atoms with Crippen LogP contribution < -0.4 is 5.32 Å². The maximum atomic E-state index is 10.8. The largest absolute Gasteiger partial charge is 0.394 e. The Bertz CT molecular complexity index is 116. The summed E-state index contributed by atoms with van der Waals surface area (Å²) in [6.07, 6.45) is 0.358. The Hall–Kier alpha value is -0.130. The number of nitrogens with one attached hydrogen (secondary N) is 1. The van der Waals surface area contributed by atoms with Crippen molar-refractivity contribution in [2.45, 2.75) is 12.5 Å². The van der Waals surface area contributed by atoms with Gasteiger partial charge in [-0.15, -0.1) is 0 Å². The molecule has 0 atom stereocenters. The van der Waals surface area contributed by atoms with Crippen LogP contribution in [0.25, 0.3) is 0 Å². The first-order valence-electron chi connectivity index (χ1n) is 3.31. The molecule has 0 aromatic carbocycles. The van der Waals surface area contributed by atoms with Gasteiger partial charge in [0.1, 0.15) is 0 Å². The molecular formula is C6H12BrNO3. The second-order valence-electron chi connectivity index (χ2n) is 2.07. The lowest BCUT2D eigenvalue weighted by atomic mass is 10.3. The van der Waals surface area contributed by atoms with E-state index in [1.54, 1.807) is 0 Å². The molecule has 0 saturated carbocycles. The van der Waals surface area contributed by atoms with E-state index < -0.39 is 6.04 Å². The Morgan fingerprint density at radius 3 is 2.36 bits per heavy atom. The average Bonchev–Trinajstić information content (AvgIpc) is 2.01. The second kappa shape index (κ2) is 6.57. The van der Waals surface area contributed by atoms with Crippen molar-refractivity contribution < 1.29 is 15.0 Å². The number of carbonyl (C=O) groups is 1. The summed E-state index contributed by atoms with van der Waals surface area (Å²) in [5.74, 6) is -0.171. The van der Waals surface area contributed by atoms with Crippen molar-refractivity contribution >= 4 is 21.8 Å². The third-order valence-corrected chi connectivity index (χ3v) is 1.52. The zero-order chi connectivity index (χ0) is 8.69. The van der Waals surface area contributed by atoms with Crippen LogP contribution in [0.2, 0.25) is 0 Å². The molecule has 4 nitrogen and oxygen atoms in total. The maximum absolute atomic E-state index is 10.8. The van der Waals surface area contributed by atoms with Crippen LogP contribution in [-0.2, 0) is 4.79 Å². The van der Waals surface area contributed by atoms with Gasteiger partial charge in [0.05, 0.1) is 19.3 Å². The van der Waals surface area contributed by atoms with Crippen molar-refractivity contribution in [1.82, 2.24) is 5.32 Å². The Morgan fingerprint density at radius 2 is 2.00 bits per heavy atom. The van der Waals surface area contributed by atoms with Crippen molar-refractivity contribution in [1.29, 1.82) is 0 Å². The standard InChI is InChI=1S/C6H12BrNO3/c7-2-1-6(11)8-5(3-9)4-10/h5,9-10H,1-4H2,(H,8,11).